The molecule has 1 aromatic carbocycles. The highest BCUT2D eigenvalue weighted by Gasteiger charge is 2.41. The van der Waals surface area contributed by atoms with Crippen LogP contribution in [0.3, 0.4) is 0 Å². The van der Waals surface area contributed by atoms with Gasteiger partial charge in [0.15, 0.2) is 5.11 Å². The Kier molecular flexibility index (Phi) is 6.25. The first-order valence-electron chi connectivity index (χ1n) is 10.4. The van der Waals surface area contributed by atoms with Crippen molar-refractivity contribution in [2.24, 2.45) is 0 Å². The summed E-state index contributed by atoms with van der Waals surface area (Å²) in [6.07, 6.45) is 1.78. The van der Waals surface area contributed by atoms with Gasteiger partial charge in [0.1, 0.15) is 0 Å². The molecule has 8 heteroatoms. The van der Waals surface area contributed by atoms with Crippen LogP contribution in [0.4, 0.5) is 0 Å². The molecule has 1 fully saturated rings. The van der Waals surface area contributed by atoms with Crippen LogP contribution in [0.5, 0.6) is 0 Å². The fraction of sp³-hybridized carbons (Fsp3) is 0.292. The first-order chi connectivity index (χ1) is 15.4. The fourth-order valence-electron chi connectivity index (χ4n) is 4.48. The van der Waals surface area contributed by atoms with Gasteiger partial charge >= 0.3 is 5.97 Å². The molecular weight excluding hydrogens is 424 g/mol. The molecule has 2 atom stereocenters. The second-order valence-corrected chi connectivity index (χ2v) is 8.18. The van der Waals surface area contributed by atoms with Gasteiger partial charge in [0.05, 0.1) is 35.6 Å². The van der Waals surface area contributed by atoms with Crippen molar-refractivity contribution in [3.8, 4) is 5.69 Å². The molecule has 0 radical (unpaired) electrons. The normalized spacial score (nSPS) is 18.1. The fourth-order valence-corrected chi connectivity index (χ4v) is 4.81. The standard InChI is InChI=1S/C24H26N4O3S/c1-15-14-18(16(2)28(15)20-10-5-4-8-17(20)23(29)30)22-21(19-9-6-7-11-25-19)26-24(32)27(22)12-13-31-3/h4-11,14,21-22H,12-13H2,1-3H3,(H,26,32)(H,29,30). The number of benzene rings is 1. The molecule has 0 spiro atoms. The highest BCUT2D eigenvalue weighted by Crippen LogP contribution is 2.41. The minimum Gasteiger partial charge on any atom is -0.478 e. The van der Waals surface area contributed by atoms with Gasteiger partial charge in [-0.25, -0.2) is 4.79 Å². The smallest absolute Gasteiger partial charge is 0.337 e. The Morgan fingerprint density at radius 3 is 2.66 bits per heavy atom. The summed E-state index contributed by atoms with van der Waals surface area (Å²) >= 11 is 5.69. The first-order valence-corrected chi connectivity index (χ1v) is 10.8. The number of aryl methyl sites for hydroxylation is 1. The lowest BCUT2D eigenvalue weighted by molar-refractivity contribution is 0.0697. The van der Waals surface area contributed by atoms with Crippen LogP contribution in [-0.2, 0) is 4.74 Å². The third-order valence-corrected chi connectivity index (χ3v) is 6.25. The van der Waals surface area contributed by atoms with E-state index >= 15 is 0 Å². The maximum atomic E-state index is 11.9. The van der Waals surface area contributed by atoms with Crippen LogP contribution >= 0.6 is 12.2 Å². The number of hydrogen-bond donors (Lipinski definition) is 2. The topological polar surface area (TPSA) is 79.6 Å². The zero-order valence-electron chi connectivity index (χ0n) is 18.3. The third kappa shape index (κ3) is 3.87. The van der Waals surface area contributed by atoms with Gasteiger partial charge in [-0.2, -0.15) is 0 Å². The van der Waals surface area contributed by atoms with E-state index in [1.807, 2.05) is 48.7 Å². The van der Waals surface area contributed by atoms with Crippen LogP contribution in [-0.4, -0.2) is 50.9 Å². The Balaban J connectivity index is 1.85. The van der Waals surface area contributed by atoms with E-state index in [0.29, 0.717) is 24.0 Å². The van der Waals surface area contributed by atoms with E-state index in [0.717, 1.165) is 22.6 Å². The molecule has 2 N–H and O–H groups in total. The van der Waals surface area contributed by atoms with Gasteiger partial charge in [0, 0.05) is 31.2 Å². The third-order valence-electron chi connectivity index (χ3n) is 5.90. The molecule has 4 rings (SSSR count). The number of aromatic carboxylic acids is 1. The average Bonchev–Trinajstić information content (AvgIpc) is 3.27. The van der Waals surface area contributed by atoms with E-state index in [9.17, 15) is 9.90 Å². The summed E-state index contributed by atoms with van der Waals surface area (Å²) in [5.74, 6) is -0.952. The van der Waals surface area contributed by atoms with Gasteiger partial charge in [-0.15, -0.1) is 0 Å². The largest absolute Gasteiger partial charge is 0.478 e. The molecule has 2 aromatic heterocycles. The molecule has 0 amide bonds. The second-order valence-electron chi connectivity index (χ2n) is 7.80. The summed E-state index contributed by atoms with van der Waals surface area (Å²) in [5.41, 5.74) is 4.80. The highest BCUT2D eigenvalue weighted by molar-refractivity contribution is 7.80. The van der Waals surface area contributed by atoms with Gasteiger partial charge in [0.25, 0.3) is 0 Å². The molecule has 3 heterocycles. The molecule has 0 saturated carbocycles. The lowest BCUT2D eigenvalue weighted by Crippen LogP contribution is -2.32. The summed E-state index contributed by atoms with van der Waals surface area (Å²) in [4.78, 5) is 18.6. The summed E-state index contributed by atoms with van der Waals surface area (Å²) in [5, 5.41) is 13.8. The molecular formula is C24H26N4O3S. The molecule has 0 aliphatic carbocycles. The van der Waals surface area contributed by atoms with Crippen molar-refractivity contribution in [1.29, 1.82) is 0 Å². The number of carboxylic acid groups (broad SMARTS) is 1. The maximum Gasteiger partial charge on any atom is 0.337 e. The number of ether oxygens (including phenoxy) is 1. The summed E-state index contributed by atoms with van der Waals surface area (Å²) in [6.45, 7) is 5.18. The number of nitrogens with one attached hydrogen (secondary N) is 1. The number of pyridine rings is 1. The number of nitrogens with zero attached hydrogens (tertiary/aromatic N) is 3. The summed E-state index contributed by atoms with van der Waals surface area (Å²) < 4.78 is 7.34. The van der Waals surface area contributed by atoms with Crippen molar-refractivity contribution >= 4 is 23.3 Å². The lowest BCUT2D eigenvalue weighted by atomic mass is 9.97. The monoisotopic (exact) mass is 450 g/mol. The number of para-hydroxylation sites is 1. The van der Waals surface area contributed by atoms with E-state index in [-0.39, 0.29) is 17.6 Å². The number of rotatable bonds is 7. The van der Waals surface area contributed by atoms with Gasteiger partial charge in [-0.1, -0.05) is 18.2 Å². The zero-order chi connectivity index (χ0) is 22.8. The summed E-state index contributed by atoms with van der Waals surface area (Å²) in [6, 6.07) is 14.8. The predicted molar refractivity (Wildman–Crippen MR) is 126 cm³/mol. The van der Waals surface area contributed by atoms with Gasteiger partial charge in [-0.05, 0) is 62.0 Å². The predicted octanol–water partition coefficient (Wildman–Crippen LogP) is 3.81. The van der Waals surface area contributed by atoms with E-state index in [1.165, 1.54) is 0 Å². The Bertz CT molecular complexity index is 1150. The van der Waals surface area contributed by atoms with Crippen LogP contribution in [0.15, 0.2) is 54.7 Å². The van der Waals surface area contributed by atoms with Crippen molar-refractivity contribution in [3.63, 3.8) is 0 Å². The van der Waals surface area contributed by atoms with Crippen molar-refractivity contribution in [3.05, 3.63) is 82.9 Å². The second kappa shape index (κ2) is 9.10. The maximum absolute atomic E-state index is 11.9. The summed E-state index contributed by atoms with van der Waals surface area (Å²) in [7, 11) is 1.67. The minimum absolute atomic E-state index is 0.107. The van der Waals surface area contributed by atoms with E-state index in [4.69, 9.17) is 17.0 Å². The number of thiocarbonyl (C=S) groups is 1. The Morgan fingerprint density at radius 1 is 1.22 bits per heavy atom. The first kappa shape index (κ1) is 22.0. The van der Waals surface area contributed by atoms with Gasteiger partial charge in [0.2, 0.25) is 0 Å². The highest BCUT2D eigenvalue weighted by atomic mass is 32.1. The Hall–Kier alpha value is -3.23. The van der Waals surface area contributed by atoms with Crippen LogP contribution in [0.2, 0.25) is 0 Å². The van der Waals surface area contributed by atoms with Gasteiger partial charge in [-0.3, -0.25) is 4.98 Å². The molecule has 3 aromatic rings. The van der Waals surface area contributed by atoms with Crippen LogP contribution in [0, 0.1) is 13.8 Å². The quantitative estimate of drug-likeness (QED) is 0.530. The molecule has 166 valence electrons. The number of carbonyl (C=O) groups is 1. The molecule has 32 heavy (non-hydrogen) atoms. The lowest BCUT2D eigenvalue weighted by Gasteiger charge is -2.28. The number of aromatic nitrogens is 2. The SMILES string of the molecule is COCCN1C(=S)NC(c2ccccn2)C1c1cc(C)n(-c2ccccc2C(=O)O)c1C. The number of methoxy groups -OCH3 is 1. The molecule has 2 unspecified atom stereocenters. The van der Waals surface area contributed by atoms with Crippen LogP contribution < -0.4 is 5.32 Å². The minimum atomic E-state index is -0.952. The van der Waals surface area contributed by atoms with Crippen molar-refractivity contribution in [2.75, 3.05) is 20.3 Å². The number of carboxylic acids is 1. The number of hydrogen-bond acceptors (Lipinski definition) is 4. The Labute approximate surface area is 192 Å². The zero-order valence-corrected chi connectivity index (χ0v) is 19.1. The van der Waals surface area contributed by atoms with Crippen molar-refractivity contribution < 1.29 is 14.6 Å². The molecule has 1 aliphatic heterocycles. The average molecular weight is 451 g/mol. The molecule has 1 aliphatic rings. The van der Waals surface area contributed by atoms with Crippen LogP contribution in [0.25, 0.3) is 5.69 Å². The Morgan fingerprint density at radius 2 is 1.97 bits per heavy atom. The van der Waals surface area contributed by atoms with Crippen molar-refractivity contribution in [2.45, 2.75) is 25.9 Å². The molecule has 1 saturated heterocycles. The van der Waals surface area contributed by atoms with Crippen molar-refractivity contribution in [1.82, 2.24) is 19.8 Å². The van der Waals surface area contributed by atoms with E-state index in [2.05, 4.69) is 21.3 Å². The van der Waals surface area contributed by atoms with E-state index in [1.54, 1.807) is 25.4 Å². The molecule has 7 nitrogen and oxygen atoms in total. The van der Waals surface area contributed by atoms with Gasteiger partial charge < -0.3 is 24.6 Å². The molecule has 0 bridgehead atoms. The van der Waals surface area contributed by atoms with E-state index < -0.39 is 5.97 Å². The van der Waals surface area contributed by atoms with Crippen LogP contribution in [0.1, 0.15) is 45.1 Å².